The minimum Gasteiger partial charge on any atom is -0.466 e. The van der Waals surface area contributed by atoms with Crippen LogP contribution in [0.15, 0.2) is 65.1 Å². The number of carbonyl (C=O) groups is 3. The zero-order chi connectivity index (χ0) is 26.2. The maximum absolute atomic E-state index is 14.2. The van der Waals surface area contributed by atoms with Gasteiger partial charge in [-0.2, -0.15) is 0 Å². The molecule has 0 radical (unpaired) electrons. The summed E-state index contributed by atoms with van der Waals surface area (Å²) in [5.41, 5.74) is 6.90. The number of halogens is 2. The van der Waals surface area contributed by atoms with Gasteiger partial charge in [-0.15, -0.1) is 0 Å². The van der Waals surface area contributed by atoms with Gasteiger partial charge in [0, 0.05) is 46.0 Å². The fraction of sp³-hybridized carbons (Fsp3) is 0.296. The van der Waals surface area contributed by atoms with Gasteiger partial charge in [0.1, 0.15) is 16.8 Å². The molecular formula is C27H25Cl2N3O4. The highest BCUT2D eigenvalue weighted by molar-refractivity contribution is 6.35. The number of methoxy groups -OCH3 is 1. The van der Waals surface area contributed by atoms with Gasteiger partial charge in [0.2, 0.25) is 5.91 Å². The van der Waals surface area contributed by atoms with Crippen molar-refractivity contribution in [2.75, 3.05) is 24.0 Å². The third-order valence-electron chi connectivity index (χ3n) is 7.16. The number of para-hydroxylation sites is 1. The molecule has 1 atom stereocenters. The van der Waals surface area contributed by atoms with Crippen LogP contribution in [0.1, 0.15) is 32.3 Å². The van der Waals surface area contributed by atoms with Gasteiger partial charge < -0.3 is 15.4 Å². The van der Waals surface area contributed by atoms with Crippen molar-refractivity contribution in [1.82, 2.24) is 0 Å². The van der Waals surface area contributed by atoms with Crippen LogP contribution in [0.3, 0.4) is 0 Å². The molecule has 5 rings (SSSR count). The molecule has 2 N–H and O–H groups in total. The van der Waals surface area contributed by atoms with E-state index in [4.69, 9.17) is 33.7 Å². The molecule has 1 amide bonds. The van der Waals surface area contributed by atoms with E-state index in [1.54, 1.807) is 54.4 Å². The Labute approximate surface area is 219 Å². The second-order valence-corrected chi connectivity index (χ2v) is 11.0. The molecule has 7 nitrogen and oxygen atoms in total. The normalized spacial score (nSPS) is 22.8. The summed E-state index contributed by atoms with van der Waals surface area (Å²) >= 11 is 12.7. The van der Waals surface area contributed by atoms with E-state index >= 15 is 0 Å². The molecule has 3 aliphatic rings. The molecule has 0 bridgehead atoms. The molecule has 0 saturated carbocycles. The minimum absolute atomic E-state index is 0.0112. The Morgan fingerprint density at radius 2 is 1.69 bits per heavy atom. The summed E-state index contributed by atoms with van der Waals surface area (Å²) in [4.78, 5) is 44.8. The van der Waals surface area contributed by atoms with Crippen LogP contribution in [0.5, 0.6) is 0 Å². The number of hydrogen-bond donors (Lipinski definition) is 1. The van der Waals surface area contributed by atoms with Crippen LogP contribution in [-0.2, 0) is 24.5 Å². The van der Waals surface area contributed by atoms with Crippen LogP contribution in [0, 0.1) is 5.41 Å². The summed E-state index contributed by atoms with van der Waals surface area (Å²) in [5, 5.41) is 0.714. The van der Waals surface area contributed by atoms with Gasteiger partial charge in [-0.1, -0.05) is 55.2 Å². The van der Waals surface area contributed by atoms with Crippen molar-refractivity contribution in [3.8, 4) is 0 Å². The molecule has 1 unspecified atom stereocenters. The number of allylic oxidation sites excluding steroid dienone is 1. The molecule has 0 saturated heterocycles. The first-order chi connectivity index (χ1) is 16.9. The molecular weight excluding hydrogens is 501 g/mol. The highest BCUT2D eigenvalue weighted by Crippen LogP contribution is 2.58. The fourth-order valence-electron chi connectivity index (χ4n) is 5.84. The van der Waals surface area contributed by atoms with Crippen molar-refractivity contribution in [2.24, 2.45) is 11.1 Å². The number of fused-ring (bicyclic) bond motifs is 3. The summed E-state index contributed by atoms with van der Waals surface area (Å²) in [6.45, 7) is 3.97. The lowest BCUT2D eigenvalue weighted by Crippen LogP contribution is -2.55. The van der Waals surface area contributed by atoms with Crippen molar-refractivity contribution in [3.05, 3.63) is 80.7 Å². The number of benzene rings is 2. The van der Waals surface area contributed by atoms with Gasteiger partial charge in [-0.25, -0.2) is 4.79 Å². The number of rotatable bonds is 2. The number of ether oxygens (including phenoxy) is 1. The Kier molecular flexibility index (Phi) is 5.50. The molecule has 2 heterocycles. The van der Waals surface area contributed by atoms with Crippen LogP contribution < -0.4 is 15.5 Å². The third-order valence-corrected chi connectivity index (χ3v) is 7.60. The number of esters is 1. The number of nitrogens with zero attached hydrogens (tertiary/aromatic N) is 2. The number of likely N-dealkylation sites (N-methyl/N-ethyl adjacent to an activating group) is 1. The predicted molar refractivity (Wildman–Crippen MR) is 139 cm³/mol. The standard InChI is InChI=1S/C27H25Cl2N3O4/c1-26(2)12-19-21(20(33)13-26)27(17-7-5-6-8-18(17)31(3)25(27)35)22(24(34)36-4)23(30)32(19)16-10-14(28)9-15(29)11-16/h5-11H,12-13,30H2,1-4H3. The zero-order valence-corrected chi connectivity index (χ0v) is 21.8. The maximum atomic E-state index is 14.2. The van der Waals surface area contributed by atoms with Crippen LogP contribution in [0.2, 0.25) is 10.0 Å². The number of amides is 1. The lowest BCUT2D eigenvalue weighted by molar-refractivity contribution is -0.138. The molecule has 0 fully saturated rings. The first-order valence-corrected chi connectivity index (χ1v) is 12.2. The second kappa shape index (κ2) is 8.11. The summed E-state index contributed by atoms with van der Waals surface area (Å²) in [5.74, 6) is -1.47. The largest absolute Gasteiger partial charge is 0.466 e. The van der Waals surface area contributed by atoms with E-state index in [1.807, 2.05) is 13.8 Å². The molecule has 2 aromatic rings. The molecule has 1 aliphatic carbocycles. The van der Waals surface area contributed by atoms with E-state index in [2.05, 4.69) is 0 Å². The summed E-state index contributed by atoms with van der Waals surface area (Å²) < 4.78 is 5.17. The van der Waals surface area contributed by atoms with Gasteiger partial charge in [-0.05, 0) is 36.1 Å². The quantitative estimate of drug-likeness (QED) is 0.570. The van der Waals surface area contributed by atoms with Crippen molar-refractivity contribution in [1.29, 1.82) is 0 Å². The van der Waals surface area contributed by atoms with E-state index in [-0.39, 0.29) is 29.2 Å². The molecule has 1 spiro atoms. The van der Waals surface area contributed by atoms with Crippen molar-refractivity contribution < 1.29 is 19.1 Å². The van der Waals surface area contributed by atoms with Gasteiger partial charge in [0.25, 0.3) is 0 Å². The molecule has 0 aromatic heterocycles. The average molecular weight is 526 g/mol. The average Bonchev–Trinajstić information content (AvgIpc) is 3.00. The van der Waals surface area contributed by atoms with Gasteiger partial charge >= 0.3 is 5.97 Å². The van der Waals surface area contributed by atoms with Gasteiger partial charge in [-0.3, -0.25) is 14.5 Å². The number of ketones is 1. The molecule has 186 valence electrons. The summed E-state index contributed by atoms with van der Waals surface area (Å²) in [6, 6.07) is 12.0. The number of nitrogens with two attached hydrogens (primary N) is 1. The Morgan fingerprint density at radius 3 is 2.33 bits per heavy atom. The van der Waals surface area contributed by atoms with E-state index in [1.165, 1.54) is 12.0 Å². The zero-order valence-electron chi connectivity index (χ0n) is 20.3. The third kappa shape index (κ3) is 3.22. The SMILES string of the molecule is COC(=O)C1=C(N)N(c2cc(Cl)cc(Cl)c2)C2=C(C(=O)CC(C)(C)C2)C12C(=O)N(C)c1ccccc12. The number of hydrogen-bond acceptors (Lipinski definition) is 6. The smallest absolute Gasteiger partial charge is 0.339 e. The van der Waals surface area contributed by atoms with E-state index in [0.717, 1.165) is 0 Å². The molecule has 9 heteroatoms. The van der Waals surface area contributed by atoms with Crippen molar-refractivity contribution in [3.63, 3.8) is 0 Å². The lowest BCUT2D eigenvalue weighted by Gasteiger charge is -2.47. The summed E-state index contributed by atoms with van der Waals surface area (Å²) in [6.07, 6.45) is 0.625. The Bertz CT molecular complexity index is 1410. The number of anilines is 2. The predicted octanol–water partition coefficient (Wildman–Crippen LogP) is 4.71. The monoisotopic (exact) mass is 525 g/mol. The van der Waals surface area contributed by atoms with Gasteiger partial charge in [0.05, 0.1) is 12.8 Å². The van der Waals surface area contributed by atoms with Gasteiger partial charge in [0.15, 0.2) is 5.78 Å². The van der Waals surface area contributed by atoms with Crippen molar-refractivity contribution in [2.45, 2.75) is 32.1 Å². The number of carbonyl (C=O) groups excluding carboxylic acids is 3. The minimum atomic E-state index is -1.73. The Morgan fingerprint density at radius 1 is 1.06 bits per heavy atom. The maximum Gasteiger partial charge on any atom is 0.339 e. The van der Waals surface area contributed by atoms with E-state index in [9.17, 15) is 14.4 Å². The first-order valence-electron chi connectivity index (χ1n) is 11.4. The van der Waals surface area contributed by atoms with Crippen LogP contribution in [-0.4, -0.2) is 31.8 Å². The van der Waals surface area contributed by atoms with E-state index < -0.39 is 22.7 Å². The lowest BCUT2D eigenvalue weighted by atomic mass is 9.60. The van der Waals surface area contributed by atoms with Crippen LogP contribution >= 0.6 is 23.2 Å². The van der Waals surface area contributed by atoms with Crippen LogP contribution in [0.25, 0.3) is 0 Å². The Hall–Kier alpha value is -3.29. The molecule has 36 heavy (non-hydrogen) atoms. The Balaban J connectivity index is 1.96. The fourth-order valence-corrected chi connectivity index (χ4v) is 6.36. The summed E-state index contributed by atoms with van der Waals surface area (Å²) in [7, 11) is 2.85. The topological polar surface area (TPSA) is 92.9 Å². The van der Waals surface area contributed by atoms with E-state index in [0.29, 0.717) is 39.1 Å². The van der Waals surface area contributed by atoms with Crippen LogP contribution in [0.4, 0.5) is 11.4 Å². The second-order valence-electron chi connectivity index (χ2n) is 10.1. The molecule has 2 aliphatic heterocycles. The highest BCUT2D eigenvalue weighted by Gasteiger charge is 2.64. The van der Waals surface area contributed by atoms with Crippen molar-refractivity contribution >= 4 is 52.2 Å². The highest BCUT2D eigenvalue weighted by atomic mass is 35.5. The molecule has 2 aromatic carbocycles. The number of Topliss-reactive ketones (excluding diaryl/α,β-unsaturated/α-hetero) is 1. The first kappa shape index (κ1) is 24.4.